The molecule has 0 saturated heterocycles. The molecule has 0 aliphatic heterocycles. The first-order valence-electron chi connectivity index (χ1n) is 4.99. The number of likely N-dealkylation sites (N-methyl/N-ethyl adjacent to an activating group) is 1. The van der Waals surface area contributed by atoms with Crippen LogP contribution >= 0.6 is 0 Å². The Kier molecular flexibility index (Phi) is 3.89. The number of carboxylic acid groups (broad SMARTS) is 1. The lowest BCUT2D eigenvalue weighted by Crippen LogP contribution is -2.42. The summed E-state index contributed by atoms with van der Waals surface area (Å²) in [5, 5.41) is 8.78. The van der Waals surface area contributed by atoms with Gasteiger partial charge in [-0.1, -0.05) is 6.92 Å². The summed E-state index contributed by atoms with van der Waals surface area (Å²) in [5.41, 5.74) is 0. The predicted molar refractivity (Wildman–Crippen MR) is 59.9 cm³/mol. The number of aliphatic carboxylic acids is 1. The number of carbonyl (C=O) groups is 1. The maximum Gasteiger partial charge on any atom is 0.321 e. The molecule has 0 amide bonds. The van der Waals surface area contributed by atoms with Crippen LogP contribution in [0.5, 0.6) is 0 Å². The topological polar surface area (TPSA) is 92.5 Å². The van der Waals surface area contributed by atoms with Crippen molar-refractivity contribution in [1.29, 1.82) is 0 Å². The number of aryl methyl sites for hydroxylation is 1. The van der Waals surface area contributed by atoms with Gasteiger partial charge in [0.2, 0.25) is 0 Å². The molecule has 8 heteroatoms. The SMILES string of the molecule is CCC(C(=O)O)N(C)S(=O)(=O)c1cn(C)cn1. The molecule has 0 radical (unpaired) electrons. The van der Waals surface area contributed by atoms with Crippen molar-refractivity contribution in [2.75, 3.05) is 7.05 Å². The van der Waals surface area contributed by atoms with Crippen LogP contribution in [0, 0.1) is 0 Å². The summed E-state index contributed by atoms with van der Waals surface area (Å²) < 4.78 is 26.4. The minimum absolute atomic E-state index is 0.151. The molecule has 17 heavy (non-hydrogen) atoms. The summed E-state index contributed by atoms with van der Waals surface area (Å²) in [5.74, 6) is -1.17. The lowest BCUT2D eigenvalue weighted by molar-refractivity contribution is -0.141. The number of hydrogen-bond acceptors (Lipinski definition) is 4. The average Bonchev–Trinajstić information content (AvgIpc) is 2.65. The van der Waals surface area contributed by atoms with Crippen molar-refractivity contribution in [3.8, 4) is 0 Å². The van der Waals surface area contributed by atoms with E-state index < -0.39 is 22.0 Å². The summed E-state index contributed by atoms with van der Waals surface area (Å²) in [6.45, 7) is 1.61. The Bertz CT molecular complexity index is 508. The second-order valence-electron chi connectivity index (χ2n) is 3.66. The van der Waals surface area contributed by atoms with E-state index in [1.807, 2.05) is 0 Å². The molecule has 1 aromatic heterocycles. The Balaban J connectivity index is 3.10. The van der Waals surface area contributed by atoms with Gasteiger partial charge >= 0.3 is 5.97 Å². The lowest BCUT2D eigenvalue weighted by Gasteiger charge is -2.21. The van der Waals surface area contributed by atoms with E-state index in [1.54, 1.807) is 14.0 Å². The van der Waals surface area contributed by atoms with Crippen LogP contribution in [-0.4, -0.2) is 46.4 Å². The second-order valence-corrected chi connectivity index (χ2v) is 5.61. The fourth-order valence-electron chi connectivity index (χ4n) is 1.42. The molecule has 0 aliphatic rings. The van der Waals surface area contributed by atoms with Gasteiger partial charge in [0.1, 0.15) is 6.04 Å². The first-order chi connectivity index (χ1) is 7.80. The van der Waals surface area contributed by atoms with Crippen molar-refractivity contribution in [3.63, 3.8) is 0 Å². The fraction of sp³-hybridized carbons (Fsp3) is 0.556. The monoisotopic (exact) mass is 261 g/mol. The molecule has 1 N–H and O–H groups in total. The maximum atomic E-state index is 12.0. The summed E-state index contributed by atoms with van der Waals surface area (Å²) in [4.78, 5) is 14.6. The number of imidazole rings is 1. The number of aromatic nitrogens is 2. The first kappa shape index (κ1) is 13.7. The highest BCUT2D eigenvalue weighted by atomic mass is 32.2. The first-order valence-corrected chi connectivity index (χ1v) is 6.43. The van der Waals surface area contributed by atoms with Crippen molar-refractivity contribution in [3.05, 3.63) is 12.5 Å². The standard InChI is InChI=1S/C9H15N3O4S/c1-4-7(9(13)14)12(3)17(15,16)8-5-11(2)6-10-8/h5-7H,4H2,1-3H3,(H,13,14). The van der Waals surface area contributed by atoms with Crippen LogP contribution in [0.4, 0.5) is 0 Å². The number of sulfonamides is 1. The van der Waals surface area contributed by atoms with Gasteiger partial charge in [-0.25, -0.2) is 13.4 Å². The number of nitrogens with zero attached hydrogens (tertiary/aromatic N) is 3. The van der Waals surface area contributed by atoms with E-state index in [0.717, 1.165) is 4.31 Å². The highest BCUT2D eigenvalue weighted by molar-refractivity contribution is 7.89. The third kappa shape index (κ3) is 2.64. The second kappa shape index (κ2) is 4.84. The molecule has 0 aliphatic carbocycles. The molecule has 1 rings (SSSR count). The number of rotatable bonds is 5. The van der Waals surface area contributed by atoms with Crippen LogP contribution in [0.15, 0.2) is 17.6 Å². The summed E-state index contributed by atoms with van der Waals surface area (Å²) in [6, 6.07) is -1.08. The minimum Gasteiger partial charge on any atom is -0.480 e. The molecule has 0 spiro atoms. The normalized spacial score (nSPS) is 13.9. The zero-order chi connectivity index (χ0) is 13.2. The van der Waals surface area contributed by atoms with Crippen LogP contribution in [0.1, 0.15) is 13.3 Å². The van der Waals surface area contributed by atoms with E-state index in [-0.39, 0.29) is 11.4 Å². The van der Waals surface area contributed by atoms with Crippen molar-refractivity contribution in [2.24, 2.45) is 7.05 Å². The van der Waals surface area contributed by atoms with E-state index in [9.17, 15) is 13.2 Å². The van der Waals surface area contributed by atoms with Crippen molar-refractivity contribution in [1.82, 2.24) is 13.9 Å². The molecule has 0 saturated carbocycles. The predicted octanol–water partition coefficient (Wildman–Crippen LogP) is -0.0962. The zero-order valence-electron chi connectivity index (χ0n) is 9.86. The van der Waals surface area contributed by atoms with Gasteiger partial charge in [-0.2, -0.15) is 4.31 Å². The zero-order valence-corrected chi connectivity index (χ0v) is 10.7. The average molecular weight is 261 g/mol. The maximum absolute atomic E-state index is 12.0. The van der Waals surface area contributed by atoms with Gasteiger partial charge in [-0.15, -0.1) is 0 Å². The quantitative estimate of drug-likeness (QED) is 0.799. The molecule has 1 atom stereocenters. The molecule has 1 heterocycles. The van der Waals surface area contributed by atoms with Gasteiger partial charge in [-0.3, -0.25) is 4.79 Å². The third-order valence-corrected chi connectivity index (χ3v) is 4.19. The molecule has 7 nitrogen and oxygen atoms in total. The highest BCUT2D eigenvalue weighted by Gasteiger charge is 2.32. The summed E-state index contributed by atoms with van der Waals surface area (Å²) in [6.07, 6.45) is 2.88. The van der Waals surface area contributed by atoms with E-state index >= 15 is 0 Å². The van der Waals surface area contributed by atoms with Crippen molar-refractivity contribution < 1.29 is 18.3 Å². The Morgan fingerprint density at radius 2 is 2.24 bits per heavy atom. The van der Waals surface area contributed by atoms with Crippen LogP contribution in [0.2, 0.25) is 0 Å². The third-order valence-electron chi connectivity index (χ3n) is 2.44. The van der Waals surface area contributed by atoms with Gasteiger partial charge < -0.3 is 9.67 Å². The van der Waals surface area contributed by atoms with E-state index in [4.69, 9.17) is 5.11 Å². The fourth-order valence-corrected chi connectivity index (χ4v) is 2.77. The van der Waals surface area contributed by atoms with E-state index in [1.165, 1.54) is 24.1 Å². The highest BCUT2D eigenvalue weighted by Crippen LogP contribution is 2.15. The van der Waals surface area contributed by atoms with Crippen LogP contribution < -0.4 is 0 Å². The largest absolute Gasteiger partial charge is 0.480 e. The molecule has 1 aromatic rings. The van der Waals surface area contributed by atoms with Gasteiger partial charge in [-0.05, 0) is 6.42 Å². The van der Waals surface area contributed by atoms with E-state index in [0.29, 0.717) is 0 Å². The molecular formula is C9H15N3O4S. The Morgan fingerprint density at radius 3 is 2.59 bits per heavy atom. The lowest BCUT2D eigenvalue weighted by atomic mass is 10.2. The number of hydrogen-bond donors (Lipinski definition) is 1. The van der Waals surface area contributed by atoms with Gasteiger partial charge in [0.25, 0.3) is 10.0 Å². The molecule has 1 unspecified atom stereocenters. The van der Waals surface area contributed by atoms with Crippen molar-refractivity contribution in [2.45, 2.75) is 24.4 Å². The smallest absolute Gasteiger partial charge is 0.321 e. The van der Waals surface area contributed by atoms with Gasteiger partial charge in [0.05, 0.1) is 6.33 Å². The van der Waals surface area contributed by atoms with Crippen molar-refractivity contribution >= 4 is 16.0 Å². The van der Waals surface area contributed by atoms with Crippen LogP contribution in [0.3, 0.4) is 0 Å². The van der Waals surface area contributed by atoms with Gasteiger partial charge in [0, 0.05) is 20.3 Å². The van der Waals surface area contributed by atoms with Gasteiger partial charge in [0.15, 0.2) is 5.03 Å². The minimum atomic E-state index is -3.85. The molecule has 0 fully saturated rings. The van der Waals surface area contributed by atoms with Crippen LogP contribution in [0.25, 0.3) is 0 Å². The Hall–Kier alpha value is -1.41. The molecule has 0 bridgehead atoms. The number of carboxylic acids is 1. The van der Waals surface area contributed by atoms with E-state index in [2.05, 4.69) is 4.98 Å². The summed E-state index contributed by atoms with van der Waals surface area (Å²) in [7, 11) is -0.972. The molecular weight excluding hydrogens is 246 g/mol. The van der Waals surface area contributed by atoms with Crippen LogP contribution in [-0.2, 0) is 21.9 Å². The summed E-state index contributed by atoms with van der Waals surface area (Å²) >= 11 is 0. The molecule has 0 aromatic carbocycles. The Morgan fingerprint density at radius 1 is 1.65 bits per heavy atom. The molecule has 96 valence electrons. The Labute approximate surface area is 99.7 Å².